The highest BCUT2D eigenvalue weighted by atomic mass is 35.5. The second-order valence-corrected chi connectivity index (χ2v) is 4.60. The van der Waals surface area contributed by atoms with Gasteiger partial charge in [0.1, 0.15) is 6.61 Å². The molecule has 0 aliphatic carbocycles. The van der Waals surface area contributed by atoms with Crippen LogP contribution < -0.4 is 5.32 Å². The number of hydrogen-bond donors (Lipinski definition) is 1. The second kappa shape index (κ2) is 6.45. The zero-order valence-corrected chi connectivity index (χ0v) is 11.4. The summed E-state index contributed by atoms with van der Waals surface area (Å²) in [6, 6.07) is 12.7. The Morgan fingerprint density at radius 3 is 2.42 bits per heavy atom. The van der Waals surface area contributed by atoms with Crippen LogP contribution in [-0.4, -0.2) is 6.47 Å². The van der Waals surface area contributed by atoms with E-state index in [9.17, 15) is 4.79 Å². The molecule has 0 spiro atoms. The number of para-hydroxylation sites is 2. The van der Waals surface area contributed by atoms with Crippen molar-refractivity contribution in [3.63, 3.8) is 0 Å². The summed E-state index contributed by atoms with van der Waals surface area (Å²) in [6.45, 7) is 0.605. The highest BCUT2D eigenvalue weighted by molar-refractivity contribution is 6.39. The molecule has 0 fully saturated rings. The van der Waals surface area contributed by atoms with Crippen molar-refractivity contribution in [2.45, 2.75) is 6.61 Å². The van der Waals surface area contributed by atoms with E-state index in [4.69, 9.17) is 27.9 Å². The van der Waals surface area contributed by atoms with Gasteiger partial charge in [-0.2, -0.15) is 0 Å². The highest BCUT2D eigenvalue weighted by Crippen LogP contribution is 2.33. The van der Waals surface area contributed by atoms with Crippen LogP contribution in [0.25, 0.3) is 0 Å². The standard InChI is InChI=1S/C14H11Cl2NO2/c15-11-5-3-6-12(16)14(11)17-13-7-2-1-4-10(13)8-19-9-18/h1-7,9,17H,8H2. The third-order valence-electron chi connectivity index (χ3n) is 2.55. The zero-order chi connectivity index (χ0) is 13.7. The maximum Gasteiger partial charge on any atom is 0.293 e. The van der Waals surface area contributed by atoms with E-state index < -0.39 is 0 Å². The Labute approximate surface area is 121 Å². The summed E-state index contributed by atoms with van der Waals surface area (Å²) in [5.74, 6) is 0. The minimum atomic E-state index is 0.189. The Kier molecular flexibility index (Phi) is 4.66. The number of rotatable bonds is 5. The molecular formula is C14H11Cl2NO2. The van der Waals surface area contributed by atoms with Gasteiger partial charge in [-0.15, -0.1) is 0 Å². The molecule has 2 aromatic rings. The quantitative estimate of drug-likeness (QED) is 0.830. The number of ether oxygens (including phenoxy) is 1. The van der Waals surface area contributed by atoms with Crippen LogP contribution >= 0.6 is 23.2 Å². The Hall–Kier alpha value is -1.71. The molecule has 5 heteroatoms. The highest BCUT2D eigenvalue weighted by Gasteiger charge is 2.08. The summed E-state index contributed by atoms with van der Waals surface area (Å²) < 4.78 is 4.77. The van der Waals surface area contributed by atoms with E-state index in [0.717, 1.165) is 11.3 Å². The first-order valence-electron chi connectivity index (χ1n) is 5.56. The van der Waals surface area contributed by atoms with Gasteiger partial charge >= 0.3 is 0 Å². The lowest BCUT2D eigenvalue weighted by molar-refractivity contribution is -0.129. The van der Waals surface area contributed by atoms with Crippen molar-refractivity contribution in [2.75, 3.05) is 5.32 Å². The van der Waals surface area contributed by atoms with Gasteiger partial charge in [-0.05, 0) is 18.2 Å². The first-order valence-corrected chi connectivity index (χ1v) is 6.32. The van der Waals surface area contributed by atoms with E-state index in [1.165, 1.54) is 0 Å². The van der Waals surface area contributed by atoms with Gasteiger partial charge in [0.2, 0.25) is 0 Å². The molecule has 3 nitrogen and oxygen atoms in total. The molecule has 0 aliphatic rings. The Balaban J connectivity index is 2.30. The molecule has 0 bridgehead atoms. The fraction of sp³-hybridized carbons (Fsp3) is 0.0714. The van der Waals surface area contributed by atoms with Gasteiger partial charge in [0.15, 0.2) is 0 Å². The van der Waals surface area contributed by atoms with Crippen molar-refractivity contribution in [2.24, 2.45) is 0 Å². The van der Waals surface area contributed by atoms with Crippen molar-refractivity contribution < 1.29 is 9.53 Å². The van der Waals surface area contributed by atoms with Crippen LogP contribution in [-0.2, 0) is 16.1 Å². The minimum absolute atomic E-state index is 0.189. The third kappa shape index (κ3) is 3.40. The number of carbonyl (C=O) groups excluding carboxylic acids is 1. The number of nitrogens with one attached hydrogen (secondary N) is 1. The topological polar surface area (TPSA) is 38.3 Å². The average molecular weight is 296 g/mol. The van der Waals surface area contributed by atoms with Crippen LogP contribution in [0.3, 0.4) is 0 Å². The molecule has 19 heavy (non-hydrogen) atoms. The molecule has 0 heterocycles. The number of hydrogen-bond acceptors (Lipinski definition) is 3. The van der Waals surface area contributed by atoms with Gasteiger partial charge in [0.25, 0.3) is 6.47 Å². The fourth-order valence-corrected chi connectivity index (χ4v) is 2.14. The van der Waals surface area contributed by atoms with Gasteiger partial charge in [-0.3, -0.25) is 4.79 Å². The molecule has 0 unspecified atom stereocenters. The average Bonchev–Trinajstić information content (AvgIpc) is 2.42. The Bertz CT molecular complexity index is 567. The SMILES string of the molecule is O=COCc1ccccc1Nc1c(Cl)cccc1Cl. The predicted molar refractivity (Wildman–Crippen MR) is 77.0 cm³/mol. The molecule has 2 rings (SSSR count). The van der Waals surface area contributed by atoms with Crippen molar-refractivity contribution in [1.82, 2.24) is 0 Å². The lowest BCUT2D eigenvalue weighted by Gasteiger charge is -2.13. The molecule has 0 saturated heterocycles. The summed E-state index contributed by atoms with van der Waals surface area (Å²) in [7, 11) is 0. The molecule has 1 N–H and O–H groups in total. The molecule has 0 radical (unpaired) electrons. The first-order chi connectivity index (χ1) is 9.22. The molecule has 0 aromatic heterocycles. The lowest BCUT2D eigenvalue weighted by atomic mass is 10.2. The summed E-state index contributed by atoms with van der Waals surface area (Å²) >= 11 is 12.2. The van der Waals surface area contributed by atoms with Crippen LogP contribution in [0.5, 0.6) is 0 Å². The largest absolute Gasteiger partial charge is 0.463 e. The zero-order valence-electron chi connectivity index (χ0n) is 9.90. The lowest BCUT2D eigenvalue weighted by Crippen LogP contribution is -1.99. The van der Waals surface area contributed by atoms with E-state index >= 15 is 0 Å². The monoisotopic (exact) mass is 295 g/mol. The maximum atomic E-state index is 10.3. The number of anilines is 2. The number of carbonyl (C=O) groups is 1. The van der Waals surface area contributed by atoms with Gasteiger partial charge in [0, 0.05) is 11.3 Å². The van der Waals surface area contributed by atoms with Crippen molar-refractivity contribution in [3.05, 3.63) is 58.1 Å². The van der Waals surface area contributed by atoms with Crippen LogP contribution in [0.2, 0.25) is 10.0 Å². The van der Waals surface area contributed by atoms with Crippen LogP contribution in [0.15, 0.2) is 42.5 Å². The predicted octanol–water partition coefficient (Wildman–Crippen LogP) is 4.41. The van der Waals surface area contributed by atoms with E-state index in [1.54, 1.807) is 18.2 Å². The van der Waals surface area contributed by atoms with Crippen LogP contribution in [0.1, 0.15) is 5.56 Å². The van der Waals surface area contributed by atoms with Gasteiger partial charge in [-0.25, -0.2) is 0 Å². The Morgan fingerprint density at radius 2 is 1.74 bits per heavy atom. The van der Waals surface area contributed by atoms with Crippen LogP contribution in [0.4, 0.5) is 11.4 Å². The summed E-state index contributed by atoms with van der Waals surface area (Å²) in [5, 5.41) is 4.21. The number of benzene rings is 2. The normalized spacial score (nSPS) is 10.0. The van der Waals surface area contributed by atoms with Gasteiger partial charge < -0.3 is 10.1 Å². The molecular weight excluding hydrogens is 285 g/mol. The van der Waals surface area contributed by atoms with E-state index in [-0.39, 0.29) is 6.61 Å². The first kappa shape index (κ1) is 13.7. The van der Waals surface area contributed by atoms with E-state index in [2.05, 4.69) is 5.32 Å². The fourth-order valence-electron chi connectivity index (χ4n) is 1.64. The van der Waals surface area contributed by atoms with Crippen molar-refractivity contribution in [1.29, 1.82) is 0 Å². The summed E-state index contributed by atoms with van der Waals surface area (Å²) in [5.41, 5.74) is 2.26. The van der Waals surface area contributed by atoms with E-state index in [1.807, 2.05) is 24.3 Å². The molecule has 98 valence electrons. The smallest absolute Gasteiger partial charge is 0.293 e. The molecule has 0 aliphatic heterocycles. The van der Waals surface area contributed by atoms with Crippen LogP contribution in [0, 0.1) is 0 Å². The minimum Gasteiger partial charge on any atom is -0.463 e. The molecule has 2 aromatic carbocycles. The summed E-state index contributed by atoms with van der Waals surface area (Å²) in [6.07, 6.45) is 0. The van der Waals surface area contributed by atoms with Crippen molar-refractivity contribution >= 4 is 41.0 Å². The molecule has 0 saturated carbocycles. The molecule has 0 amide bonds. The number of halogens is 2. The summed E-state index contributed by atoms with van der Waals surface area (Å²) in [4.78, 5) is 10.3. The molecule has 0 atom stereocenters. The van der Waals surface area contributed by atoms with Crippen molar-refractivity contribution in [3.8, 4) is 0 Å². The second-order valence-electron chi connectivity index (χ2n) is 3.79. The Morgan fingerprint density at radius 1 is 1.05 bits per heavy atom. The van der Waals surface area contributed by atoms with Gasteiger partial charge in [0.05, 0.1) is 15.7 Å². The maximum absolute atomic E-state index is 10.3. The van der Waals surface area contributed by atoms with Gasteiger partial charge in [-0.1, -0.05) is 47.5 Å². The van der Waals surface area contributed by atoms with E-state index in [0.29, 0.717) is 22.2 Å². The third-order valence-corrected chi connectivity index (χ3v) is 3.18.